The highest BCUT2D eigenvalue weighted by atomic mass is 16.5. The molecule has 1 aliphatic rings. The van der Waals surface area contributed by atoms with Crippen LogP contribution >= 0.6 is 0 Å². The Morgan fingerprint density at radius 3 is 2.20 bits per heavy atom. The molecule has 1 nitrogen and oxygen atoms in total. The molecule has 0 N–H and O–H groups in total. The van der Waals surface area contributed by atoms with E-state index in [9.17, 15) is 0 Å². The summed E-state index contributed by atoms with van der Waals surface area (Å²) in [5, 5.41) is 0. The van der Waals surface area contributed by atoms with Crippen LogP contribution in [0.3, 0.4) is 0 Å². The van der Waals surface area contributed by atoms with Crippen LogP contribution in [0.2, 0.25) is 0 Å². The fraction of sp³-hybridized carbons (Fsp3) is 0.929. The third kappa shape index (κ3) is 4.14. The Morgan fingerprint density at radius 1 is 1.13 bits per heavy atom. The summed E-state index contributed by atoms with van der Waals surface area (Å²) >= 11 is 0. The van der Waals surface area contributed by atoms with Crippen molar-refractivity contribution in [1.82, 2.24) is 0 Å². The summed E-state index contributed by atoms with van der Waals surface area (Å²) in [7, 11) is 0. The molecule has 0 saturated heterocycles. The highest BCUT2D eigenvalue weighted by Gasteiger charge is 2.33. The fourth-order valence-corrected chi connectivity index (χ4v) is 2.57. The van der Waals surface area contributed by atoms with E-state index in [1.54, 1.807) is 0 Å². The molecular weight excluding hydrogens is 184 g/mol. The van der Waals surface area contributed by atoms with E-state index >= 15 is 0 Å². The van der Waals surface area contributed by atoms with Crippen molar-refractivity contribution in [2.75, 3.05) is 0 Å². The van der Waals surface area contributed by atoms with Crippen LogP contribution in [-0.4, -0.2) is 11.7 Å². The van der Waals surface area contributed by atoms with Crippen LogP contribution in [0.5, 0.6) is 0 Å². The van der Waals surface area contributed by atoms with E-state index in [0.717, 1.165) is 5.92 Å². The Balaban J connectivity index is 2.62. The van der Waals surface area contributed by atoms with E-state index in [1.165, 1.54) is 25.2 Å². The fourth-order valence-electron chi connectivity index (χ4n) is 2.57. The summed E-state index contributed by atoms with van der Waals surface area (Å²) in [4.78, 5) is 0. The molecule has 0 aliphatic heterocycles. The molecule has 0 amide bonds. The molecule has 1 radical (unpaired) electrons. The monoisotopic (exact) mass is 211 g/mol. The van der Waals surface area contributed by atoms with E-state index in [-0.39, 0.29) is 5.60 Å². The average Bonchev–Trinajstić information content (AvgIpc) is 1.99. The van der Waals surface area contributed by atoms with Gasteiger partial charge in [0.2, 0.25) is 0 Å². The van der Waals surface area contributed by atoms with Gasteiger partial charge in [0.05, 0.1) is 11.7 Å². The van der Waals surface area contributed by atoms with E-state index < -0.39 is 0 Å². The molecule has 0 aromatic carbocycles. The number of rotatable bonds is 2. The van der Waals surface area contributed by atoms with Crippen LogP contribution in [0.4, 0.5) is 0 Å². The van der Waals surface area contributed by atoms with Crippen LogP contribution in [0.1, 0.15) is 60.8 Å². The lowest BCUT2D eigenvalue weighted by molar-refractivity contribution is -0.102. The van der Waals surface area contributed by atoms with Crippen LogP contribution in [0, 0.1) is 17.8 Å². The highest BCUT2D eigenvalue weighted by molar-refractivity contribution is 4.96. The van der Waals surface area contributed by atoms with Gasteiger partial charge in [0.15, 0.2) is 0 Å². The lowest BCUT2D eigenvalue weighted by Gasteiger charge is -2.40. The highest BCUT2D eigenvalue weighted by Crippen LogP contribution is 2.37. The third-order valence-electron chi connectivity index (χ3n) is 3.30. The van der Waals surface area contributed by atoms with Gasteiger partial charge in [0, 0.05) is 0 Å². The van der Waals surface area contributed by atoms with E-state index in [1.807, 2.05) is 0 Å². The Bertz CT molecular complexity index is 190. The maximum Gasteiger partial charge on any atom is 0.0618 e. The largest absolute Gasteiger partial charge is 0.372 e. The Hall–Kier alpha value is -0.0400. The SMILES string of the molecule is C[C](C)C1CCC(C)CC1OC(C)(C)C. The van der Waals surface area contributed by atoms with Crippen LogP contribution < -0.4 is 0 Å². The maximum absolute atomic E-state index is 6.20. The molecule has 3 atom stereocenters. The van der Waals surface area contributed by atoms with Crippen molar-refractivity contribution in [2.45, 2.75) is 72.5 Å². The zero-order chi connectivity index (χ0) is 11.6. The van der Waals surface area contributed by atoms with Gasteiger partial charge in [-0.3, -0.25) is 0 Å². The summed E-state index contributed by atoms with van der Waals surface area (Å²) in [5.74, 6) is 3.05. The molecule has 0 bridgehead atoms. The molecule has 0 aromatic heterocycles. The molecule has 3 unspecified atom stereocenters. The normalized spacial score (nSPS) is 33.4. The molecular formula is C14H27O. The first-order chi connectivity index (χ1) is 6.79. The lowest BCUT2D eigenvalue weighted by atomic mass is 9.75. The van der Waals surface area contributed by atoms with Gasteiger partial charge in [-0.1, -0.05) is 27.2 Å². The summed E-state index contributed by atoms with van der Waals surface area (Å²) in [6.45, 7) is 13.3. The van der Waals surface area contributed by atoms with Crippen molar-refractivity contribution in [3.05, 3.63) is 5.92 Å². The summed E-state index contributed by atoms with van der Waals surface area (Å²) in [6.07, 6.45) is 4.34. The second-order valence-electron chi connectivity index (χ2n) is 6.37. The van der Waals surface area contributed by atoms with Gasteiger partial charge in [0.25, 0.3) is 0 Å². The second kappa shape index (κ2) is 4.86. The van der Waals surface area contributed by atoms with Gasteiger partial charge in [-0.25, -0.2) is 0 Å². The van der Waals surface area contributed by atoms with Gasteiger partial charge in [-0.15, -0.1) is 0 Å². The van der Waals surface area contributed by atoms with Crippen molar-refractivity contribution < 1.29 is 4.74 Å². The number of hydrogen-bond acceptors (Lipinski definition) is 1. The van der Waals surface area contributed by atoms with Crippen molar-refractivity contribution >= 4 is 0 Å². The van der Waals surface area contributed by atoms with Crippen LogP contribution in [-0.2, 0) is 4.74 Å². The van der Waals surface area contributed by atoms with Gasteiger partial charge in [-0.05, 0) is 51.4 Å². The molecule has 1 aliphatic carbocycles. The van der Waals surface area contributed by atoms with Crippen molar-refractivity contribution in [3.63, 3.8) is 0 Å². The molecule has 0 spiro atoms. The minimum Gasteiger partial charge on any atom is -0.372 e. The Kier molecular flexibility index (Phi) is 4.22. The zero-order valence-electron chi connectivity index (χ0n) is 11.3. The van der Waals surface area contributed by atoms with Gasteiger partial charge >= 0.3 is 0 Å². The van der Waals surface area contributed by atoms with E-state index in [0.29, 0.717) is 12.0 Å². The second-order valence-corrected chi connectivity index (χ2v) is 6.37. The van der Waals surface area contributed by atoms with Gasteiger partial charge in [-0.2, -0.15) is 0 Å². The number of ether oxygens (including phenoxy) is 1. The van der Waals surface area contributed by atoms with E-state index in [2.05, 4.69) is 41.5 Å². The molecule has 89 valence electrons. The average molecular weight is 211 g/mol. The predicted octanol–water partition coefficient (Wildman–Crippen LogP) is 4.22. The van der Waals surface area contributed by atoms with Crippen LogP contribution in [0.15, 0.2) is 0 Å². The standard InChI is InChI=1S/C14H27O/c1-10(2)12-8-7-11(3)9-13(12)15-14(4,5)6/h11-13H,7-9H2,1-6H3. The molecule has 0 aromatic rings. The van der Waals surface area contributed by atoms with Crippen molar-refractivity contribution in [2.24, 2.45) is 11.8 Å². The summed E-state index contributed by atoms with van der Waals surface area (Å²) in [6, 6.07) is 0. The Morgan fingerprint density at radius 2 is 1.73 bits per heavy atom. The number of hydrogen-bond donors (Lipinski definition) is 0. The first-order valence-electron chi connectivity index (χ1n) is 6.27. The van der Waals surface area contributed by atoms with Crippen molar-refractivity contribution in [1.29, 1.82) is 0 Å². The minimum absolute atomic E-state index is 0.00454. The third-order valence-corrected chi connectivity index (χ3v) is 3.30. The summed E-state index contributed by atoms with van der Waals surface area (Å²) < 4.78 is 6.20. The van der Waals surface area contributed by atoms with E-state index in [4.69, 9.17) is 4.74 Å². The van der Waals surface area contributed by atoms with Crippen molar-refractivity contribution in [3.8, 4) is 0 Å². The molecule has 1 heteroatoms. The predicted molar refractivity (Wildman–Crippen MR) is 65.7 cm³/mol. The molecule has 15 heavy (non-hydrogen) atoms. The summed E-state index contributed by atoms with van der Waals surface area (Å²) in [5.41, 5.74) is -0.00454. The zero-order valence-corrected chi connectivity index (χ0v) is 11.3. The Labute approximate surface area is 95.6 Å². The van der Waals surface area contributed by atoms with Crippen LogP contribution in [0.25, 0.3) is 0 Å². The first-order valence-corrected chi connectivity index (χ1v) is 6.27. The van der Waals surface area contributed by atoms with Gasteiger partial charge in [0.1, 0.15) is 0 Å². The molecule has 1 fully saturated rings. The minimum atomic E-state index is -0.00454. The lowest BCUT2D eigenvalue weighted by Crippen LogP contribution is -2.38. The molecule has 1 saturated carbocycles. The topological polar surface area (TPSA) is 9.23 Å². The first kappa shape index (κ1) is 13.0. The smallest absolute Gasteiger partial charge is 0.0618 e. The maximum atomic E-state index is 6.20. The van der Waals surface area contributed by atoms with Gasteiger partial charge < -0.3 is 4.74 Å². The quantitative estimate of drug-likeness (QED) is 0.664. The molecule has 1 rings (SSSR count). The molecule has 0 heterocycles.